The van der Waals surface area contributed by atoms with Gasteiger partial charge in [0.1, 0.15) is 0 Å². The number of rotatable bonds is 11. The summed E-state index contributed by atoms with van der Waals surface area (Å²) < 4.78 is 0. The SMILES string of the molecule is CCCP(CCC)C(C)C(C)P(CCC)CCC. The summed E-state index contributed by atoms with van der Waals surface area (Å²) in [6.07, 6.45) is 11.6. The van der Waals surface area contributed by atoms with Crippen molar-refractivity contribution in [3.05, 3.63) is 0 Å². The molecule has 0 radical (unpaired) electrons. The van der Waals surface area contributed by atoms with Crippen LogP contribution in [0.1, 0.15) is 67.2 Å². The van der Waals surface area contributed by atoms with Gasteiger partial charge in [0.2, 0.25) is 0 Å². The minimum Gasteiger partial charge on any atom is -0.103 e. The second-order valence-corrected chi connectivity index (χ2v) is 11.3. The average molecular weight is 290 g/mol. The van der Waals surface area contributed by atoms with Gasteiger partial charge < -0.3 is 0 Å². The lowest BCUT2D eigenvalue weighted by molar-refractivity contribution is 0.864. The Bertz CT molecular complexity index is 150. The van der Waals surface area contributed by atoms with Gasteiger partial charge in [0.25, 0.3) is 0 Å². The Morgan fingerprint density at radius 2 is 0.778 bits per heavy atom. The van der Waals surface area contributed by atoms with Gasteiger partial charge in [-0.2, -0.15) is 0 Å². The average Bonchev–Trinajstić information content (AvgIpc) is 2.36. The summed E-state index contributed by atoms with van der Waals surface area (Å²) in [7, 11) is 0.602. The van der Waals surface area contributed by atoms with Gasteiger partial charge >= 0.3 is 0 Å². The Hall–Kier alpha value is 0.860. The molecular formula is C16H36P2. The standard InChI is InChI=1S/C16H36P2/c1-7-11-17(12-8-2)15(5)16(6)18(13-9-3)14-10-4/h15-16H,7-14H2,1-6H3. The smallest absolute Gasteiger partial charge is 0.0173 e. The lowest BCUT2D eigenvalue weighted by atomic mass is 10.4. The minimum absolute atomic E-state index is 0.301. The molecule has 0 aromatic carbocycles. The zero-order valence-corrected chi connectivity index (χ0v) is 15.5. The molecule has 2 atom stereocenters. The van der Waals surface area contributed by atoms with Crippen LogP contribution in [0.5, 0.6) is 0 Å². The van der Waals surface area contributed by atoms with Crippen LogP contribution >= 0.6 is 15.8 Å². The largest absolute Gasteiger partial charge is 0.103 e. The molecule has 0 N–H and O–H groups in total. The molecule has 0 aromatic rings. The Morgan fingerprint density at radius 1 is 0.556 bits per heavy atom. The van der Waals surface area contributed by atoms with Gasteiger partial charge in [0.15, 0.2) is 0 Å². The maximum Gasteiger partial charge on any atom is -0.0173 e. The molecule has 2 heteroatoms. The fourth-order valence-electron chi connectivity index (χ4n) is 2.80. The van der Waals surface area contributed by atoms with Crippen molar-refractivity contribution in [2.75, 3.05) is 24.6 Å². The Morgan fingerprint density at radius 3 is 0.944 bits per heavy atom. The van der Waals surface area contributed by atoms with Crippen LogP contribution in [-0.4, -0.2) is 36.0 Å². The van der Waals surface area contributed by atoms with E-state index in [1.807, 2.05) is 0 Å². The molecule has 0 heterocycles. The third-order valence-electron chi connectivity index (χ3n) is 3.89. The molecule has 110 valence electrons. The lowest BCUT2D eigenvalue weighted by Gasteiger charge is -2.35. The van der Waals surface area contributed by atoms with Gasteiger partial charge in [0.05, 0.1) is 0 Å². The second-order valence-electron chi connectivity index (χ2n) is 5.55. The Balaban J connectivity index is 4.51. The van der Waals surface area contributed by atoms with Gasteiger partial charge in [0, 0.05) is 0 Å². The molecule has 0 bridgehead atoms. The van der Waals surface area contributed by atoms with Gasteiger partial charge in [-0.1, -0.05) is 67.2 Å². The highest BCUT2D eigenvalue weighted by Crippen LogP contribution is 2.53. The summed E-state index contributed by atoms with van der Waals surface area (Å²) in [6.45, 7) is 14.6. The van der Waals surface area contributed by atoms with Crippen molar-refractivity contribution in [1.82, 2.24) is 0 Å². The normalized spacial score (nSPS) is 15.3. The zero-order chi connectivity index (χ0) is 14.0. The Labute approximate surface area is 119 Å². The lowest BCUT2D eigenvalue weighted by Crippen LogP contribution is -2.21. The van der Waals surface area contributed by atoms with E-state index in [1.54, 1.807) is 0 Å². The molecule has 2 unspecified atom stereocenters. The summed E-state index contributed by atoms with van der Waals surface area (Å²) in [6, 6.07) is 0. The van der Waals surface area contributed by atoms with E-state index in [4.69, 9.17) is 0 Å². The zero-order valence-electron chi connectivity index (χ0n) is 13.7. The first-order valence-corrected chi connectivity index (χ1v) is 11.7. The van der Waals surface area contributed by atoms with Crippen LogP contribution in [0.15, 0.2) is 0 Å². The van der Waals surface area contributed by atoms with Crippen LogP contribution < -0.4 is 0 Å². The molecule has 0 nitrogen and oxygen atoms in total. The van der Waals surface area contributed by atoms with E-state index < -0.39 is 0 Å². The van der Waals surface area contributed by atoms with Gasteiger partial charge in [-0.15, -0.1) is 15.8 Å². The molecule has 0 saturated carbocycles. The molecule has 18 heavy (non-hydrogen) atoms. The van der Waals surface area contributed by atoms with E-state index in [0.29, 0.717) is 15.8 Å². The molecule has 0 amide bonds. The highest BCUT2D eigenvalue weighted by atomic mass is 31.1. The summed E-state index contributed by atoms with van der Waals surface area (Å²) in [5.74, 6) is 0. The quantitative estimate of drug-likeness (QED) is 0.388. The van der Waals surface area contributed by atoms with Gasteiger partial charge in [-0.05, 0) is 36.0 Å². The van der Waals surface area contributed by atoms with Crippen LogP contribution in [0.4, 0.5) is 0 Å². The number of hydrogen-bond donors (Lipinski definition) is 0. The van der Waals surface area contributed by atoms with Crippen molar-refractivity contribution < 1.29 is 0 Å². The van der Waals surface area contributed by atoms with Crippen LogP contribution in [0, 0.1) is 0 Å². The molecule has 0 aliphatic rings. The van der Waals surface area contributed by atoms with Crippen LogP contribution in [0.2, 0.25) is 0 Å². The third kappa shape index (κ3) is 6.86. The minimum atomic E-state index is 0.301. The van der Waals surface area contributed by atoms with E-state index in [9.17, 15) is 0 Å². The molecule has 0 rings (SSSR count). The first-order valence-electron chi connectivity index (χ1n) is 8.10. The van der Waals surface area contributed by atoms with E-state index in [2.05, 4.69) is 41.5 Å². The number of hydrogen-bond acceptors (Lipinski definition) is 0. The second kappa shape index (κ2) is 11.7. The van der Waals surface area contributed by atoms with Gasteiger partial charge in [-0.25, -0.2) is 0 Å². The van der Waals surface area contributed by atoms with Crippen LogP contribution in [0.3, 0.4) is 0 Å². The predicted octanol–water partition coefficient (Wildman–Crippen LogP) is 6.37. The highest BCUT2D eigenvalue weighted by Gasteiger charge is 2.26. The van der Waals surface area contributed by atoms with E-state index >= 15 is 0 Å². The van der Waals surface area contributed by atoms with Crippen molar-refractivity contribution in [2.45, 2.75) is 78.5 Å². The van der Waals surface area contributed by atoms with Gasteiger partial charge in [-0.3, -0.25) is 0 Å². The monoisotopic (exact) mass is 290 g/mol. The summed E-state index contributed by atoms with van der Waals surface area (Å²) in [4.78, 5) is 0. The van der Waals surface area contributed by atoms with E-state index in [0.717, 1.165) is 11.3 Å². The van der Waals surface area contributed by atoms with Crippen molar-refractivity contribution in [2.24, 2.45) is 0 Å². The topological polar surface area (TPSA) is 0 Å². The molecule has 0 spiro atoms. The van der Waals surface area contributed by atoms with Crippen molar-refractivity contribution in [1.29, 1.82) is 0 Å². The summed E-state index contributed by atoms with van der Waals surface area (Å²) in [5.41, 5.74) is 2.01. The van der Waals surface area contributed by atoms with Crippen LogP contribution in [0.25, 0.3) is 0 Å². The van der Waals surface area contributed by atoms with E-state index in [1.165, 1.54) is 50.3 Å². The van der Waals surface area contributed by atoms with Crippen molar-refractivity contribution in [3.8, 4) is 0 Å². The summed E-state index contributed by atoms with van der Waals surface area (Å²) in [5, 5.41) is 0. The summed E-state index contributed by atoms with van der Waals surface area (Å²) >= 11 is 0. The molecule has 0 fully saturated rings. The molecular weight excluding hydrogens is 254 g/mol. The van der Waals surface area contributed by atoms with Crippen LogP contribution in [-0.2, 0) is 0 Å². The molecule has 0 aromatic heterocycles. The van der Waals surface area contributed by atoms with Crippen molar-refractivity contribution >= 4 is 15.8 Å². The van der Waals surface area contributed by atoms with Crippen molar-refractivity contribution in [3.63, 3.8) is 0 Å². The fourth-order valence-corrected chi connectivity index (χ4v) is 9.52. The molecule has 0 saturated heterocycles. The predicted molar refractivity (Wildman–Crippen MR) is 93.4 cm³/mol. The molecule has 0 aliphatic heterocycles. The third-order valence-corrected chi connectivity index (χ3v) is 11.4. The maximum atomic E-state index is 2.57. The fraction of sp³-hybridized carbons (Fsp3) is 1.00. The first kappa shape index (κ1) is 18.9. The first-order chi connectivity index (χ1) is 8.62. The highest BCUT2D eigenvalue weighted by molar-refractivity contribution is 7.62. The molecule has 0 aliphatic carbocycles. The maximum absolute atomic E-state index is 2.57. The Kier molecular flexibility index (Phi) is 12.2. The van der Waals surface area contributed by atoms with E-state index in [-0.39, 0.29) is 0 Å².